The van der Waals surface area contributed by atoms with E-state index in [9.17, 15) is 14.4 Å². The second-order valence-electron chi connectivity index (χ2n) is 8.32. The SMILES string of the molecule is C#CC(C(=O)Nc1ccnc(-c2cnc(N3CCCC3)nc2)n1)n1cnc2c1c(=O)n(C)c(=O)n2C. The highest BCUT2D eigenvalue weighted by Gasteiger charge is 2.24. The Labute approximate surface area is 204 Å². The fraction of sp³-hybridized carbons (Fsp3) is 0.304. The number of fused-ring (bicyclic) bond motifs is 1. The largest absolute Gasteiger partial charge is 0.341 e. The Hall–Kier alpha value is -4.86. The van der Waals surface area contributed by atoms with E-state index in [0.717, 1.165) is 30.5 Å². The van der Waals surface area contributed by atoms with Gasteiger partial charge in [0.05, 0.1) is 11.9 Å². The Balaban J connectivity index is 1.41. The van der Waals surface area contributed by atoms with Crippen LogP contribution < -0.4 is 21.5 Å². The predicted molar refractivity (Wildman–Crippen MR) is 131 cm³/mol. The van der Waals surface area contributed by atoms with Gasteiger partial charge in [-0.1, -0.05) is 5.92 Å². The van der Waals surface area contributed by atoms with Crippen LogP contribution in [0.1, 0.15) is 18.9 Å². The van der Waals surface area contributed by atoms with Crippen LogP contribution in [0.15, 0.2) is 40.6 Å². The van der Waals surface area contributed by atoms with Crippen molar-refractivity contribution in [1.29, 1.82) is 0 Å². The number of carbonyl (C=O) groups excluding carboxylic acids is 1. The van der Waals surface area contributed by atoms with E-state index in [2.05, 4.69) is 41.1 Å². The lowest BCUT2D eigenvalue weighted by molar-refractivity contribution is -0.117. The molecule has 0 aromatic carbocycles. The maximum Gasteiger partial charge on any atom is 0.332 e. The highest BCUT2D eigenvalue weighted by atomic mass is 16.2. The summed E-state index contributed by atoms with van der Waals surface area (Å²) in [5.74, 6) is 2.97. The first-order valence-corrected chi connectivity index (χ1v) is 11.2. The molecule has 4 aromatic heterocycles. The summed E-state index contributed by atoms with van der Waals surface area (Å²) in [6.45, 7) is 1.87. The van der Waals surface area contributed by atoms with Crippen LogP contribution in [0.3, 0.4) is 0 Å². The van der Waals surface area contributed by atoms with Crippen molar-refractivity contribution in [3.05, 3.63) is 51.8 Å². The number of imidazole rings is 1. The minimum Gasteiger partial charge on any atom is -0.341 e. The molecule has 1 fully saturated rings. The molecule has 1 aliphatic heterocycles. The number of hydrogen-bond acceptors (Lipinski definition) is 9. The standard InChI is InChI=1S/C23H22N10O3/c1-4-15(33-13-27-19-17(33)21(35)31(3)23(36)30(19)2)20(34)29-16-7-8-24-18(28-16)14-11-25-22(26-12-14)32-9-5-6-10-32/h1,7-8,11-13,15H,5-6,9-10H2,2-3H3,(H,24,28,29,34). The highest BCUT2D eigenvalue weighted by molar-refractivity contribution is 5.96. The number of hydrogen-bond donors (Lipinski definition) is 1. The van der Waals surface area contributed by atoms with Gasteiger partial charge in [0, 0.05) is 45.8 Å². The van der Waals surface area contributed by atoms with E-state index < -0.39 is 23.2 Å². The molecule has 13 nitrogen and oxygen atoms in total. The van der Waals surface area contributed by atoms with Gasteiger partial charge in [-0.2, -0.15) is 0 Å². The molecule has 1 atom stereocenters. The lowest BCUT2D eigenvalue weighted by atomic mass is 10.2. The van der Waals surface area contributed by atoms with Crippen LogP contribution in [0.25, 0.3) is 22.6 Å². The average Bonchev–Trinajstić information content (AvgIpc) is 3.58. The summed E-state index contributed by atoms with van der Waals surface area (Å²) >= 11 is 0. The molecule has 0 saturated carbocycles. The molecular formula is C23H22N10O3. The molecule has 0 bridgehead atoms. The summed E-state index contributed by atoms with van der Waals surface area (Å²) < 4.78 is 3.41. The second kappa shape index (κ2) is 9.06. The first kappa shape index (κ1) is 22.9. The van der Waals surface area contributed by atoms with Crippen LogP contribution >= 0.6 is 0 Å². The van der Waals surface area contributed by atoms with Crippen molar-refractivity contribution < 1.29 is 4.79 Å². The van der Waals surface area contributed by atoms with Gasteiger partial charge in [-0.3, -0.25) is 18.7 Å². The molecule has 1 N–H and O–H groups in total. The minimum atomic E-state index is -1.22. The number of carbonyl (C=O) groups is 1. The predicted octanol–water partition coefficient (Wildman–Crippen LogP) is 0.0939. The molecule has 5 heterocycles. The van der Waals surface area contributed by atoms with Crippen molar-refractivity contribution in [3.63, 3.8) is 0 Å². The normalized spacial score (nSPS) is 14.1. The van der Waals surface area contributed by atoms with Gasteiger partial charge in [0.1, 0.15) is 5.82 Å². The highest BCUT2D eigenvalue weighted by Crippen LogP contribution is 2.20. The molecule has 1 amide bonds. The van der Waals surface area contributed by atoms with E-state index in [1.165, 1.54) is 41.8 Å². The zero-order valence-corrected chi connectivity index (χ0v) is 19.6. The van der Waals surface area contributed by atoms with E-state index in [-0.39, 0.29) is 17.0 Å². The zero-order valence-electron chi connectivity index (χ0n) is 19.6. The van der Waals surface area contributed by atoms with E-state index >= 15 is 0 Å². The third kappa shape index (κ3) is 3.88. The molecule has 182 valence electrons. The fourth-order valence-electron chi connectivity index (χ4n) is 4.12. The van der Waals surface area contributed by atoms with Gasteiger partial charge < -0.3 is 14.8 Å². The van der Waals surface area contributed by atoms with Crippen LogP contribution in [-0.2, 0) is 18.9 Å². The second-order valence-corrected chi connectivity index (χ2v) is 8.32. The molecule has 1 saturated heterocycles. The monoisotopic (exact) mass is 486 g/mol. The van der Waals surface area contributed by atoms with E-state index in [0.29, 0.717) is 17.3 Å². The average molecular weight is 486 g/mol. The fourth-order valence-corrected chi connectivity index (χ4v) is 4.12. The van der Waals surface area contributed by atoms with Crippen molar-refractivity contribution in [3.8, 4) is 23.7 Å². The molecule has 13 heteroatoms. The van der Waals surface area contributed by atoms with E-state index in [1.807, 2.05) is 0 Å². The minimum absolute atomic E-state index is 0.0383. The van der Waals surface area contributed by atoms with Crippen molar-refractivity contribution in [2.75, 3.05) is 23.3 Å². The smallest absolute Gasteiger partial charge is 0.332 e. The van der Waals surface area contributed by atoms with Crippen molar-refractivity contribution >= 4 is 28.8 Å². The Morgan fingerprint density at radius 3 is 2.50 bits per heavy atom. The molecule has 0 spiro atoms. The van der Waals surface area contributed by atoms with Gasteiger partial charge in [-0.25, -0.2) is 29.7 Å². The van der Waals surface area contributed by atoms with Crippen LogP contribution in [0.5, 0.6) is 0 Å². The number of rotatable bonds is 5. The Bertz CT molecular complexity index is 1620. The van der Waals surface area contributed by atoms with Gasteiger partial charge in [-0.15, -0.1) is 6.42 Å². The lowest BCUT2D eigenvalue weighted by Gasteiger charge is -2.15. The Morgan fingerprint density at radius 2 is 1.81 bits per heavy atom. The molecule has 1 unspecified atom stereocenters. The number of aryl methyl sites for hydroxylation is 1. The third-order valence-corrected chi connectivity index (χ3v) is 6.05. The van der Waals surface area contributed by atoms with Crippen LogP contribution in [0.4, 0.5) is 11.8 Å². The van der Waals surface area contributed by atoms with Crippen LogP contribution in [0.2, 0.25) is 0 Å². The molecule has 1 aliphatic rings. The third-order valence-electron chi connectivity index (χ3n) is 6.05. The van der Waals surface area contributed by atoms with E-state index in [1.54, 1.807) is 12.4 Å². The summed E-state index contributed by atoms with van der Waals surface area (Å²) in [4.78, 5) is 61.8. The summed E-state index contributed by atoms with van der Waals surface area (Å²) in [6.07, 6.45) is 13.9. The van der Waals surface area contributed by atoms with Gasteiger partial charge in [-0.05, 0) is 18.9 Å². The number of amides is 1. The zero-order chi connectivity index (χ0) is 25.4. The first-order valence-electron chi connectivity index (χ1n) is 11.2. The summed E-state index contributed by atoms with van der Waals surface area (Å²) in [7, 11) is 2.83. The number of terminal acetylenes is 1. The summed E-state index contributed by atoms with van der Waals surface area (Å²) in [5.41, 5.74) is -0.396. The summed E-state index contributed by atoms with van der Waals surface area (Å²) in [6, 6.07) is 0.296. The number of aromatic nitrogens is 8. The first-order chi connectivity index (χ1) is 17.4. The lowest BCUT2D eigenvalue weighted by Crippen LogP contribution is -2.38. The van der Waals surface area contributed by atoms with Gasteiger partial charge in [0.2, 0.25) is 5.95 Å². The van der Waals surface area contributed by atoms with Gasteiger partial charge in [0.15, 0.2) is 23.0 Å². The molecular weight excluding hydrogens is 464 g/mol. The quantitative estimate of drug-likeness (QED) is 0.388. The maximum atomic E-state index is 13.1. The Morgan fingerprint density at radius 1 is 1.08 bits per heavy atom. The topological polar surface area (TPSA) is 146 Å². The molecule has 0 radical (unpaired) electrons. The van der Waals surface area contributed by atoms with Crippen molar-refractivity contribution in [1.82, 2.24) is 38.6 Å². The van der Waals surface area contributed by atoms with Crippen molar-refractivity contribution in [2.45, 2.75) is 18.9 Å². The van der Waals surface area contributed by atoms with Crippen LogP contribution in [-0.4, -0.2) is 57.6 Å². The molecule has 4 aromatic rings. The van der Waals surface area contributed by atoms with Gasteiger partial charge in [0.25, 0.3) is 11.5 Å². The van der Waals surface area contributed by atoms with Crippen molar-refractivity contribution in [2.24, 2.45) is 14.1 Å². The number of nitrogens with one attached hydrogen (secondary N) is 1. The Kier molecular flexibility index (Phi) is 5.77. The molecule has 36 heavy (non-hydrogen) atoms. The number of anilines is 2. The molecule has 5 rings (SSSR count). The van der Waals surface area contributed by atoms with E-state index in [4.69, 9.17) is 6.42 Å². The van der Waals surface area contributed by atoms with Crippen LogP contribution in [0, 0.1) is 12.3 Å². The molecule has 0 aliphatic carbocycles. The van der Waals surface area contributed by atoms with Gasteiger partial charge >= 0.3 is 5.69 Å². The number of nitrogens with zero attached hydrogens (tertiary/aromatic N) is 9. The maximum absolute atomic E-state index is 13.1. The summed E-state index contributed by atoms with van der Waals surface area (Å²) in [5, 5.41) is 2.66.